The minimum Gasteiger partial charge on any atom is -0.330 e. The predicted molar refractivity (Wildman–Crippen MR) is 95.5 cm³/mol. The number of hydrogen-bond acceptors (Lipinski definition) is 2. The third-order valence-corrected chi connectivity index (χ3v) is 4.64. The topological polar surface area (TPSA) is 52.0 Å². The quantitative estimate of drug-likeness (QED) is 0.561. The first-order valence-electron chi connectivity index (χ1n) is 7.89. The molecule has 22 heavy (non-hydrogen) atoms. The fourth-order valence-electron chi connectivity index (χ4n) is 3.57. The summed E-state index contributed by atoms with van der Waals surface area (Å²) in [6.07, 6.45) is 1.74. The average molecular weight is 288 g/mol. The highest BCUT2D eigenvalue weighted by molar-refractivity contribution is 6.23. The SMILES string of the molecule is NCCC(N)Cc1ccc2ccc3cccc4ccc1c2c34. The van der Waals surface area contributed by atoms with E-state index in [2.05, 4.69) is 54.6 Å². The van der Waals surface area contributed by atoms with E-state index < -0.39 is 0 Å². The molecule has 0 radical (unpaired) electrons. The molecule has 0 fully saturated rings. The van der Waals surface area contributed by atoms with Gasteiger partial charge in [0.15, 0.2) is 0 Å². The zero-order valence-corrected chi connectivity index (χ0v) is 12.5. The van der Waals surface area contributed by atoms with E-state index in [9.17, 15) is 0 Å². The van der Waals surface area contributed by atoms with Crippen molar-refractivity contribution in [3.8, 4) is 0 Å². The van der Waals surface area contributed by atoms with Gasteiger partial charge in [0, 0.05) is 6.04 Å². The lowest BCUT2D eigenvalue weighted by Crippen LogP contribution is -2.26. The molecule has 4 aromatic rings. The summed E-state index contributed by atoms with van der Waals surface area (Å²) >= 11 is 0. The van der Waals surface area contributed by atoms with Crippen LogP contribution in [0, 0.1) is 0 Å². The van der Waals surface area contributed by atoms with Gasteiger partial charge >= 0.3 is 0 Å². The third kappa shape index (κ3) is 2.04. The highest BCUT2D eigenvalue weighted by atomic mass is 14.6. The van der Waals surface area contributed by atoms with E-state index in [-0.39, 0.29) is 6.04 Å². The molecule has 0 aromatic heterocycles. The number of benzene rings is 4. The largest absolute Gasteiger partial charge is 0.330 e. The van der Waals surface area contributed by atoms with Crippen molar-refractivity contribution < 1.29 is 0 Å². The van der Waals surface area contributed by atoms with Gasteiger partial charge in [-0.1, -0.05) is 54.6 Å². The first-order chi connectivity index (χ1) is 10.8. The van der Waals surface area contributed by atoms with Gasteiger partial charge in [-0.05, 0) is 57.3 Å². The minimum absolute atomic E-state index is 0.128. The Morgan fingerprint density at radius 2 is 1.41 bits per heavy atom. The van der Waals surface area contributed by atoms with Crippen LogP contribution in [-0.2, 0) is 6.42 Å². The van der Waals surface area contributed by atoms with Crippen LogP contribution >= 0.6 is 0 Å². The summed E-state index contributed by atoms with van der Waals surface area (Å²) in [5, 5.41) is 7.97. The maximum Gasteiger partial charge on any atom is 0.00915 e. The van der Waals surface area contributed by atoms with Crippen LogP contribution in [0.3, 0.4) is 0 Å². The van der Waals surface area contributed by atoms with Crippen LogP contribution < -0.4 is 11.5 Å². The Labute approximate surface area is 130 Å². The Bertz CT molecular complexity index is 926. The van der Waals surface area contributed by atoms with Crippen molar-refractivity contribution in [1.29, 1.82) is 0 Å². The van der Waals surface area contributed by atoms with E-state index in [0.29, 0.717) is 6.54 Å². The van der Waals surface area contributed by atoms with Crippen molar-refractivity contribution in [1.82, 2.24) is 0 Å². The second-order valence-corrected chi connectivity index (χ2v) is 6.12. The van der Waals surface area contributed by atoms with Crippen LogP contribution in [0.25, 0.3) is 32.3 Å². The van der Waals surface area contributed by atoms with Gasteiger partial charge in [-0.2, -0.15) is 0 Å². The standard InChI is InChI=1S/C20H20N2/c21-11-10-17(22)12-16-7-6-15-5-4-13-2-1-3-14-8-9-18(16)20(15)19(13)14/h1-9,17H,10-12,21-22H2. The van der Waals surface area contributed by atoms with Gasteiger partial charge in [0.2, 0.25) is 0 Å². The van der Waals surface area contributed by atoms with Crippen LogP contribution in [0.5, 0.6) is 0 Å². The molecular weight excluding hydrogens is 268 g/mol. The van der Waals surface area contributed by atoms with E-state index >= 15 is 0 Å². The summed E-state index contributed by atoms with van der Waals surface area (Å²) in [6.45, 7) is 0.646. The first-order valence-corrected chi connectivity index (χ1v) is 7.89. The van der Waals surface area contributed by atoms with Gasteiger partial charge in [-0.25, -0.2) is 0 Å². The molecule has 0 saturated carbocycles. The lowest BCUT2D eigenvalue weighted by molar-refractivity contribution is 0.621. The molecule has 4 N–H and O–H groups in total. The van der Waals surface area contributed by atoms with Crippen molar-refractivity contribution in [2.24, 2.45) is 11.5 Å². The molecule has 0 aliphatic heterocycles. The van der Waals surface area contributed by atoms with Crippen LogP contribution in [-0.4, -0.2) is 12.6 Å². The second kappa shape index (κ2) is 5.24. The molecule has 110 valence electrons. The molecule has 4 rings (SSSR count). The van der Waals surface area contributed by atoms with E-state index in [1.54, 1.807) is 0 Å². The maximum atomic E-state index is 6.21. The van der Waals surface area contributed by atoms with Crippen molar-refractivity contribution in [3.05, 3.63) is 60.2 Å². The summed E-state index contributed by atoms with van der Waals surface area (Å²) in [4.78, 5) is 0. The van der Waals surface area contributed by atoms with Gasteiger partial charge in [-0.3, -0.25) is 0 Å². The zero-order chi connectivity index (χ0) is 15.1. The summed E-state index contributed by atoms with van der Waals surface area (Å²) in [5.74, 6) is 0. The van der Waals surface area contributed by atoms with Crippen molar-refractivity contribution in [3.63, 3.8) is 0 Å². The number of hydrogen-bond donors (Lipinski definition) is 2. The van der Waals surface area contributed by atoms with Gasteiger partial charge < -0.3 is 11.5 Å². The average Bonchev–Trinajstić information content (AvgIpc) is 2.54. The fourth-order valence-corrected chi connectivity index (χ4v) is 3.57. The molecule has 4 aromatic carbocycles. The van der Waals surface area contributed by atoms with Crippen LogP contribution in [0.2, 0.25) is 0 Å². The lowest BCUT2D eigenvalue weighted by atomic mass is 9.90. The molecule has 1 unspecified atom stereocenters. The maximum absolute atomic E-state index is 6.21. The smallest absolute Gasteiger partial charge is 0.00915 e. The molecule has 0 aliphatic carbocycles. The van der Waals surface area contributed by atoms with Gasteiger partial charge in [0.1, 0.15) is 0 Å². The summed E-state index contributed by atoms with van der Waals surface area (Å²) in [7, 11) is 0. The minimum atomic E-state index is 0.128. The molecule has 2 nitrogen and oxygen atoms in total. The third-order valence-electron chi connectivity index (χ3n) is 4.64. The lowest BCUT2D eigenvalue weighted by Gasteiger charge is -2.16. The van der Waals surface area contributed by atoms with E-state index in [1.165, 1.54) is 37.9 Å². The van der Waals surface area contributed by atoms with Gasteiger partial charge in [0.05, 0.1) is 0 Å². The predicted octanol–water partition coefficient (Wildman–Crippen LogP) is 3.80. The Hall–Kier alpha value is -2.16. The Morgan fingerprint density at radius 1 is 0.773 bits per heavy atom. The normalized spacial score (nSPS) is 13.4. The molecule has 0 saturated heterocycles. The van der Waals surface area contributed by atoms with Crippen LogP contribution in [0.4, 0.5) is 0 Å². The van der Waals surface area contributed by atoms with Crippen molar-refractivity contribution in [2.45, 2.75) is 18.9 Å². The molecule has 1 atom stereocenters. The Morgan fingerprint density at radius 3 is 2.14 bits per heavy atom. The molecule has 0 aliphatic rings. The second-order valence-electron chi connectivity index (χ2n) is 6.12. The summed E-state index contributed by atoms with van der Waals surface area (Å²) in [5.41, 5.74) is 13.2. The monoisotopic (exact) mass is 288 g/mol. The van der Waals surface area contributed by atoms with Crippen molar-refractivity contribution >= 4 is 32.3 Å². The van der Waals surface area contributed by atoms with E-state index in [4.69, 9.17) is 11.5 Å². The van der Waals surface area contributed by atoms with Crippen LogP contribution in [0.1, 0.15) is 12.0 Å². The Kier molecular flexibility index (Phi) is 3.21. The molecule has 0 bridgehead atoms. The molecule has 0 spiro atoms. The number of nitrogens with two attached hydrogens (primary N) is 2. The fraction of sp³-hybridized carbons (Fsp3) is 0.200. The molecular formula is C20H20N2. The molecule has 2 heteroatoms. The summed E-state index contributed by atoms with van der Waals surface area (Å²) in [6, 6.07) is 20.0. The van der Waals surface area contributed by atoms with E-state index in [0.717, 1.165) is 12.8 Å². The summed E-state index contributed by atoms with van der Waals surface area (Å²) < 4.78 is 0. The van der Waals surface area contributed by atoms with Crippen LogP contribution in [0.15, 0.2) is 54.6 Å². The zero-order valence-electron chi connectivity index (χ0n) is 12.5. The Balaban J connectivity index is 2.00. The highest BCUT2D eigenvalue weighted by Gasteiger charge is 2.12. The first kappa shape index (κ1) is 13.5. The highest BCUT2D eigenvalue weighted by Crippen LogP contribution is 2.36. The van der Waals surface area contributed by atoms with Gasteiger partial charge in [0.25, 0.3) is 0 Å². The molecule has 0 heterocycles. The van der Waals surface area contributed by atoms with Crippen molar-refractivity contribution in [2.75, 3.05) is 6.54 Å². The number of rotatable bonds is 4. The van der Waals surface area contributed by atoms with Gasteiger partial charge in [-0.15, -0.1) is 0 Å². The van der Waals surface area contributed by atoms with E-state index in [1.807, 2.05) is 0 Å². The molecule has 0 amide bonds.